The number of nitro benzene ring substituents is 1. The second-order valence-electron chi connectivity index (χ2n) is 5.75. The number of halogens is 1. The third-order valence-corrected chi connectivity index (χ3v) is 3.67. The van der Waals surface area contributed by atoms with Gasteiger partial charge in [-0.1, -0.05) is 18.2 Å². The Morgan fingerprint density at radius 2 is 1.81 bits per heavy atom. The van der Waals surface area contributed by atoms with Gasteiger partial charge in [-0.3, -0.25) is 19.7 Å². The van der Waals surface area contributed by atoms with Gasteiger partial charge in [0.05, 0.1) is 11.5 Å². The van der Waals surface area contributed by atoms with Crippen LogP contribution in [0.15, 0.2) is 36.4 Å². The Morgan fingerprint density at radius 1 is 1.15 bits per heavy atom. The molecule has 9 heteroatoms. The number of para-hydroxylation sites is 1. The third-order valence-electron chi connectivity index (χ3n) is 3.67. The summed E-state index contributed by atoms with van der Waals surface area (Å²) in [6.45, 7) is 2.80. The summed E-state index contributed by atoms with van der Waals surface area (Å²) in [4.78, 5) is 33.9. The summed E-state index contributed by atoms with van der Waals surface area (Å²) in [6.07, 6.45) is 0. The SMILES string of the molecule is Cc1cccc(C)c1NC(=O)CNC(=O)COc1cc(F)ccc1[N+](=O)[O-]. The minimum Gasteiger partial charge on any atom is -0.477 e. The van der Waals surface area contributed by atoms with Crippen LogP contribution in [0.4, 0.5) is 15.8 Å². The number of hydrogen-bond donors (Lipinski definition) is 2. The molecule has 0 aliphatic rings. The Labute approximate surface area is 154 Å². The number of hydrogen-bond acceptors (Lipinski definition) is 5. The fraction of sp³-hybridized carbons (Fsp3) is 0.222. The summed E-state index contributed by atoms with van der Waals surface area (Å²) < 4.78 is 18.2. The number of aryl methyl sites for hydroxylation is 2. The van der Waals surface area contributed by atoms with E-state index in [1.54, 1.807) is 0 Å². The fourth-order valence-electron chi connectivity index (χ4n) is 2.32. The summed E-state index contributed by atoms with van der Waals surface area (Å²) in [5, 5.41) is 15.9. The Balaban J connectivity index is 1.87. The largest absolute Gasteiger partial charge is 0.477 e. The third kappa shape index (κ3) is 5.50. The number of rotatable bonds is 7. The molecular formula is C18H18FN3O5. The fourth-order valence-corrected chi connectivity index (χ4v) is 2.32. The van der Waals surface area contributed by atoms with Gasteiger partial charge < -0.3 is 15.4 Å². The van der Waals surface area contributed by atoms with Crippen molar-refractivity contribution < 1.29 is 23.6 Å². The number of ether oxygens (including phenoxy) is 1. The molecule has 2 rings (SSSR count). The van der Waals surface area contributed by atoms with E-state index in [2.05, 4.69) is 10.6 Å². The van der Waals surface area contributed by atoms with Crippen LogP contribution in [0.5, 0.6) is 5.75 Å². The van der Waals surface area contributed by atoms with Gasteiger partial charge in [-0.2, -0.15) is 0 Å². The number of anilines is 1. The quantitative estimate of drug-likeness (QED) is 0.571. The average molecular weight is 375 g/mol. The molecular weight excluding hydrogens is 357 g/mol. The molecule has 0 spiro atoms. The number of benzene rings is 2. The van der Waals surface area contributed by atoms with E-state index < -0.39 is 34.8 Å². The predicted octanol–water partition coefficient (Wildman–Crippen LogP) is 2.48. The first-order valence-electron chi connectivity index (χ1n) is 7.97. The molecule has 2 aromatic rings. The van der Waals surface area contributed by atoms with Crippen LogP contribution in [-0.4, -0.2) is 29.9 Å². The second kappa shape index (κ2) is 8.75. The van der Waals surface area contributed by atoms with Crippen molar-refractivity contribution in [1.82, 2.24) is 5.32 Å². The van der Waals surface area contributed by atoms with Gasteiger partial charge in [0.15, 0.2) is 6.61 Å². The summed E-state index contributed by atoms with van der Waals surface area (Å²) in [5.41, 5.74) is 1.98. The molecule has 0 atom stereocenters. The van der Waals surface area contributed by atoms with Crippen LogP contribution in [0, 0.1) is 29.8 Å². The first-order valence-corrected chi connectivity index (χ1v) is 7.97. The van der Waals surface area contributed by atoms with Crippen molar-refractivity contribution in [2.24, 2.45) is 0 Å². The van der Waals surface area contributed by atoms with Crippen LogP contribution < -0.4 is 15.4 Å². The highest BCUT2D eigenvalue weighted by molar-refractivity contribution is 5.95. The summed E-state index contributed by atoms with van der Waals surface area (Å²) in [5.74, 6) is -2.21. The van der Waals surface area contributed by atoms with Crippen molar-refractivity contribution in [1.29, 1.82) is 0 Å². The van der Waals surface area contributed by atoms with Crippen LogP contribution in [0.3, 0.4) is 0 Å². The molecule has 0 bridgehead atoms. The molecule has 0 fully saturated rings. The van der Waals surface area contributed by atoms with Gasteiger partial charge in [0.2, 0.25) is 11.7 Å². The van der Waals surface area contributed by atoms with Crippen LogP contribution in [0.2, 0.25) is 0 Å². The van der Waals surface area contributed by atoms with Crippen molar-refractivity contribution in [3.8, 4) is 5.75 Å². The molecule has 0 saturated carbocycles. The highest BCUT2D eigenvalue weighted by atomic mass is 19.1. The number of nitro groups is 1. The van der Waals surface area contributed by atoms with Gasteiger partial charge in [-0.15, -0.1) is 0 Å². The van der Waals surface area contributed by atoms with E-state index in [0.717, 1.165) is 29.3 Å². The molecule has 27 heavy (non-hydrogen) atoms. The highest BCUT2D eigenvalue weighted by Crippen LogP contribution is 2.27. The molecule has 0 radical (unpaired) electrons. The zero-order valence-corrected chi connectivity index (χ0v) is 14.7. The molecule has 0 aromatic heterocycles. The van der Waals surface area contributed by atoms with Crippen LogP contribution in [-0.2, 0) is 9.59 Å². The Bertz CT molecular complexity index is 865. The molecule has 0 saturated heterocycles. The van der Waals surface area contributed by atoms with Gasteiger partial charge in [0.25, 0.3) is 5.91 Å². The van der Waals surface area contributed by atoms with Crippen molar-refractivity contribution in [3.63, 3.8) is 0 Å². The van der Waals surface area contributed by atoms with Crippen LogP contribution in [0.25, 0.3) is 0 Å². The van der Waals surface area contributed by atoms with E-state index in [1.165, 1.54) is 0 Å². The summed E-state index contributed by atoms with van der Waals surface area (Å²) >= 11 is 0. The van der Waals surface area contributed by atoms with Crippen LogP contribution in [0.1, 0.15) is 11.1 Å². The topological polar surface area (TPSA) is 111 Å². The molecule has 0 aliphatic carbocycles. The second-order valence-corrected chi connectivity index (χ2v) is 5.75. The Morgan fingerprint density at radius 3 is 2.44 bits per heavy atom. The monoisotopic (exact) mass is 375 g/mol. The van der Waals surface area contributed by atoms with Gasteiger partial charge in [-0.05, 0) is 31.0 Å². The van der Waals surface area contributed by atoms with Gasteiger partial charge in [0.1, 0.15) is 5.82 Å². The number of amides is 2. The summed E-state index contributed by atoms with van der Waals surface area (Å²) in [6, 6.07) is 8.25. The minimum atomic E-state index is -0.745. The van der Waals surface area contributed by atoms with Crippen LogP contribution >= 0.6 is 0 Å². The van der Waals surface area contributed by atoms with Gasteiger partial charge in [-0.25, -0.2) is 4.39 Å². The lowest BCUT2D eigenvalue weighted by Crippen LogP contribution is -2.36. The van der Waals surface area contributed by atoms with E-state index >= 15 is 0 Å². The average Bonchev–Trinajstić information content (AvgIpc) is 2.61. The Kier molecular flexibility index (Phi) is 6.42. The Hall–Kier alpha value is -3.49. The van der Waals surface area contributed by atoms with Crippen molar-refractivity contribution >= 4 is 23.2 Å². The highest BCUT2D eigenvalue weighted by Gasteiger charge is 2.17. The number of carbonyl (C=O) groups excluding carboxylic acids is 2. The van der Waals surface area contributed by atoms with Crippen molar-refractivity contribution in [2.45, 2.75) is 13.8 Å². The van der Waals surface area contributed by atoms with Gasteiger partial charge >= 0.3 is 5.69 Å². The van der Waals surface area contributed by atoms with E-state index in [4.69, 9.17) is 4.74 Å². The van der Waals surface area contributed by atoms with Crippen molar-refractivity contribution in [3.05, 3.63) is 63.5 Å². The molecule has 2 N–H and O–H groups in total. The maximum absolute atomic E-state index is 13.2. The molecule has 2 amide bonds. The number of nitrogens with one attached hydrogen (secondary N) is 2. The smallest absolute Gasteiger partial charge is 0.311 e. The number of carbonyl (C=O) groups is 2. The lowest BCUT2D eigenvalue weighted by Gasteiger charge is -2.12. The zero-order valence-electron chi connectivity index (χ0n) is 14.7. The van der Waals surface area contributed by atoms with E-state index in [9.17, 15) is 24.1 Å². The normalized spacial score (nSPS) is 10.2. The molecule has 0 unspecified atom stereocenters. The maximum Gasteiger partial charge on any atom is 0.311 e. The zero-order chi connectivity index (χ0) is 20.0. The lowest BCUT2D eigenvalue weighted by molar-refractivity contribution is -0.385. The van der Waals surface area contributed by atoms with E-state index in [1.807, 2.05) is 32.0 Å². The van der Waals surface area contributed by atoms with Gasteiger partial charge in [0, 0.05) is 17.8 Å². The maximum atomic E-state index is 13.2. The molecule has 0 aliphatic heterocycles. The lowest BCUT2D eigenvalue weighted by atomic mass is 10.1. The minimum absolute atomic E-state index is 0.304. The summed E-state index contributed by atoms with van der Waals surface area (Å²) in [7, 11) is 0. The first kappa shape index (κ1) is 19.8. The first-order chi connectivity index (χ1) is 12.8. The van der Waals surface area contributed by atoms with E-state index in [0.29, 0.717) is 5.69 Å². The molecule has 8 nitrogen and oxygen atoms in total. The standard InChI is InChI=1S/C18H18FN3O5/c1-11-4-3-5-12(2)18(11)21-16(23)9-20-17(24)10-27-15-8-13(19)6-7-14(15)22(25)26/h3-8H,9-10H2,1-2H3,(H,20,24)(H,21,23). The van der Waals surface area contributed by atoms with Crippen molar-refractivity contribution in [2.75, 3.05) is 18.5 Å². The molecule has 142 valence electrons. The molecule has 0 heterocycles. The van der Waals surface area contributed by atoms with E-state index in [-0.39, 0.29) is 12.3 Å². The molecule has 2 aromatic carbocycles. The number of nitrogens with zero attached hydrogens (tertiary/aromatic N) is 1. The predicted molar refractivity (Wildman–Crippen MR) is 96.1 cm³/mol.